The van der Waals surface area contributed by atoms with Gasteiger partial charge in [0.05, 0.1) is 19.2 Å². The van der Waals surface area contributed by atoms with E-state index < -0.39 is 5.56 Å². The van der Waals surface area contributed by atoms with E-state index in [-0.39, 0.29) is 42.7 Å². The minimum absolute atomic E-state index is 0.104. The summed E-state index contributed by atoms with van der Waals surface area (Å²) in [5, 5.41) is 14.4. The number of hydrogen-bond acceptors (Lipinski definition) is 6. The summed E-state index contributed by atoms with van der Waals surface area (Å²) >= 11 is 0. The summed E-state index contributed by atoms with van der Waals surface area (Å²) in [4.78, 5) is 34.6. The Morgan fingerprint density at radius 2 is 2.19 bits per heavy atom. The van der Waals surface area contributed by atoms with Crippen molar-refractivity contribution >= 4 is 17.7 Å². The molecule has 1 aliphatic rings. The number of aromatic nitrogens is 2. The molecule has 11 heteroatoms. The molecule has 1 fully saturated rings. The number of hydroxylamine groups is 2. The monoisotopic (exact) mass is 431 g/mol. The number of anilines is 1. The molecule has 1 amide bonds. The predicted molar refractivity (Wildman–Crippen MR) is 113 cm³/mol. The zero-order valence-electron chi connectivity index (χ0n) is 17.2. The molecule has 2 heterocycles. The number of nitrogens with zero attached hydrogens (tertiary/aromatic N) is 3. The Morgan fingerprint density at radius 3 is 2.87 bits per heavy atom. The lowest BCUT2D eigenvalue weighted by molar-refractivity contribution is -0.143. The molecule has 1 saturated heterocycles. The molecule has 0 bridgehead atoms. The van der Waals surface area contributed by atoms with Crippen LogP contribution in [0.15, 0.2) is 35.3 Å². The fraction of sp³-hybridized carbons (Fsp3) is 0.400. The van der Waals surface area contributed by atoms with Gasteiger partial charge in [-0.05, 0) is 31.4 Å². The van der Waals surface area contributed by atoms with Gasteiger partial charge < -0.3 is 16.4 Å². The van der Waals surface area contributed by atoms with Gasteiger partial charge >= 0.3 is 0 Å². The van der Waals surface area contributed by atoms with Crippen LogP contribution in [0.4, 0.5) is 10.2 Å². The molecular weight excluding hydrogens is 405 g/mol. The first-order valence-corrected chi connectivity index (χ1v) is 9.92. The summed E-state index contributed by atoms with van der Waals surface area (Å²) < 4.78 is 15.1. The molecule has 1 aromatic heterocycles. The van der Waals surface area contributed by atoms with Crippen molar-refractivity contribution in [3.8, 4) is 0 Å². The summed E-state index contributed by atoms with van der Waals surface area (Å²) in [5.74, 6) is -0.710. The minimum Gasteiger partial charge on any atom is -0.368 e. The van der Waals surface area contributed by atoms with Gasteiger partial charge in [-0.2, -0.15) is 0 Å². The lowest BCUT2D eigenvalue weighted by atomic mass is 10.1. The third-order valence-corrected chi connectivity index (χ3v) is 4.95. The van der Waals surface area contributed by atoms with Crippen molar-refractivity contribution in [1.82, 2.24) is 19.9 Å². The highest BCUT2D eigenvalue weighted by molar-refractivity contribution is 5.76. The highest BCUT2D eigenvalue weighted by Crippen LogP contribution is 2.08. The molecule has 1 aliphatic heterocycles. The van der Waals surface area contributed by atoms with Crippen molar-refractivity contribution in [2.24, 2.45) is 5.73 Å². The van der Waals surface area contributed by atoms with E-state index in [2.05, 4.69) is 15.6 Å². The average Bonchev–Trinajstić information content (AvgIpc) is 2.74. The topological polar surface area (TPSA) is 138 Å². The normalized spacial score (nSPS) is 16.1. The summed E-state index contributed by atoms with van der Waals surface area (Å²) in [6, 6.07) is 6.21. The molecule has 0 saturated carbocycles. The SMILES string of the molecule is Cc1cnc(NCCc2ccccc2F)c(=O)n1CC(=O)NC1CCN(C(=N)N)OC1. The summed E-state index contributed by atoms with van der Waals surface area (Å²) in [6.07, 6.45) is 2.47. The Labute approximate surface area is 178 Å². The van der Waals surface area contributed by atoms with Crippen molar-refractivity contribution < 1.29 is 14.0 Å². The quantitative estimate of drug-likeness (QED) is 0.367. The maximum atomic E-state index is 13.7. The molecule has 2 aromatic rings. The predicted octanol–water partition coefficient (Wildman–Crippen LogP) is 0.361. The van der Waals surface area contributed by atoms with Crippen LogP contribution in [0, 0.1) is 18.2 Å². The lowest BCUT2D eigenvalue weighted by Gasteiger charge is -2.31. The van der Waals surface area contributed by atoms with Crippen LogP contribution in [0.1, 0.15) is 17.7 Å². The number of carbonyl (C=O) groups is 1. The number of nitrogens with one attached hydrogen (secondary N) is 3. The molecule has 3 rings (SSSR count). The Kier molecular flexibility index (Phi) is 7.19. The molecule has 0 spiro atoms. The van der Waals surface area contributed by atoms with E-state index in [1.54, 1.807) is 25.1 Å². The fourth-order valence-corrected chi connectivity index (χ4v) is 3.23. The molecule has 1 unspecified atom stereocenters. The van der Waals surface area contributed by atoms with Crippen LogP contribution in [0.3, 0.4) is 0 Å². The molecule has 1 atom stereocenters. The molecule has 1 aromatic carbocycles. The molecule has 10 nitrogen and oxygen atoms in total. The summed E-state index contributed by atoms with van der Waals surface area (Å²) in [7, 11) is 0. The first-order valence-electron chi connectivity index (χ1n) is 9.92. The van der Waals surface area contributed by atoms with Crippen LogP contribution >= 0.6 is 0 Å². The molecular formula is C20H26FN7O3. The Balaban J connectivity index is 1.57. The maximum absolute atomic E-state index is 13.7. The number of carbonyl (C=O) groups excluding carboxylic acids is 1. The van der Waals surface area contributed by atoms with Crippen LogP contribution in [-0.4, -0.2) is 52.2 Å². The first-order chi connectivity index (χ1) is 14.8. The second kappa shape index (κ2) is 10.0. The van der Waals surface area contributed by atoms with Crippen molar-refractivity contribution in [3.63, 3.8) is 0 Å². The van der Waals surface area contributed by atoms with Gasteiger partial charge in [0, 0.05) is 18.4 Å². The number of rotatable bonds is 7. The third-order valence-electron chi connectivity index (χ3n) is 4.95. The van der Waals surface area contributed by atoms with Gasteiger partial charge in [-0.15, -0.1) is 0 Å². The third kappa shape index (κ3) is 5.79. The van der Waals surface area contributed by atoms with Crippen molar-refractivity contribution in [3.05, 3.63) is 57.9 Å². The number of hydrogen-bond donors (Lipinski definition) is 4. The van der Waals surface area contributed by atoms with Crippen LogP contribution in [0.2, 0.25) is 0 Å². The number of amides is 1. The number of halogens is 1. The lowest BCUT2D eigenvalue weighted by Crippen LogP contribution is -2.50. The minimum atomic E-state index is -0.425. The van der Waals surface area contributed by atoms with Crippen molar-refractivity contribution in [2.75, 3.05) is 25.0 Å². The van der Waals surface area contributed by atoms with E-state index in [9.17, 15) is 14.0 Å². The van der Waals surface area contributed by atoms with Gasteiger partial charge in [0.2, 0.25) is 11.9 Å². The van der Waals surface area contributed by atoms with Crippen LogP contribution in [0.25, 0.3) is 0 Å². The van der Waals surface area contributed by atoms with Gasteiger partial charge in [0.15, 0.2) is 5.82 Å². The van der Waals surface area contributed by atoms with E-state index in [4.69, 9.17) is 16.0 Å². The van der Waals surface area contributed by atoms with E-state index >= 15 is 0 Å². The smallest absolute Gasteiger partial charge is 0.293 e. The molecule has 0 radical (unpaired) electrons. The molecule has 5 N–H and O–H groups in total. The number of guanidine groups is 1. The van der Waals surface area contributed by atoms with Gasteiger partial charge in [-0.25, -0.2) is 14.4 Å². The van der Waals surface area contributed by atoms with E-state index in [1.807, 2.05) is 0 Å². The van der Waals surface area contributed by atoms with E-state index in [1.165, 1.54) is 21.9 Å². The van der Waals surface area contributed by atoms with E-state index in [0.29, 0.717) is 37.2 Å². The maximum Gasteiger partial charge on any atom is 0.293 e. The summed E-state index contributed by atoms with van der Waals surface area (Å²) in [6.45, 7) is 2.44. The number of nitrogens with two attached hydrogens (primary N) is 1. The number of aryl methyl sites for hydroxylation is 1. The zero-order valence-corrected chi connectivity index (χ0v) is 17.2. The van der Waals surface area contributed by atoms with Crippen LogP contribution in [-0.2, 0) is 22.6 Å². The van der Waals surface area contributed by atoms with Crippen LogP contribution in [0.5, 0.6) is 0 Å². The van der Waals surface area contributed by atoms with Gasteiger partial charge in [0.25, 0.3) is 5.56 Å². The van der Waals surface area contributed by atoms with Gasteiger partial charge in [-0.3, -0.25) is 24.4 Å². The van der Waals surface area contributed by atoms with Crippen molar-refractivity contribution in [2.45, 2.75) is 32.4 Å². The highest BCUT2D eigenvalue weighted by Gasteiger charge is 2.23. The largest absolute Gasteiger partial charge is 0.368 e. The molecule has 31 heavy (non-hydrogen) atoms. The molecule has 0 aliphatic carbocycles. The average molecular weight is 431 g/mol. The Bertz CT molecular complexity index is 1000. The van der Waals surface area contributed by atoms with Gasteiger partial charge in [0.1, 0.15) is 12.4 Å². The van der Waals surface area contributed by atoms with Crippen molar-refractivity contribution in [1.29, 1.82) is 5.41 Å². The molecule has 166 valence electrons. The standard InChI is InChI=1S/C20H26FN7O3/c1-13-10-25-18(24-8-6-14-4-2-3-5-16(14)21)19(30)27(13)11-17(29)26-15-7-9-28(20(22)23)31-12-15/h2-5,10,15H,6-9,11-12H2,1H3,(H3,22,23)(H,24,25)(H,26,29). The summed E-state index contributed by atoms with van der Waals surface area (Å²) in [5.41, 5.74) is 6.03. The Hall–Kier alpha value is -3.47. The first kappa shape index (κ1) is 22.2. The van der Waals surface area contributed by atoms with Crippen LogP contribution < -0.4 is 21.9 Å². The Morgan fingerprint density at radius 1 is 1.42 bits per heavy atom. The second-order valence-electron chi connectivity index (χ2n) is 7.24. The number of benzene rings is 1. The highest BCUT2D eigenvalue weighted by atomic mass is 19.1. The second-order valence-corrected chi connectivity index (χ2v) is 7.24. The van der Waals surface area contributed by atoms with Gasteiger partial charge in [-0.1, -0.05) is 18.2 Å². The zero-order chi connectivity index (χ0) is 22.4. The fourth-order valence-electron chi connectivity index (χ4n) is 3.23. The van der Waals surface area contributed by atoms with E-state index in [0.717, 1.165) is 0 Å².